The van der Waals surface area contributed by atoms with Gasteiger partial charge in [0.1, 0.15) is 11.4 Å². The van der Waals surface area contributed by atoms with E-state index in [1.165, 1.54) is 32.1 Å². The Morgan fingerprint density at radius 1 is 0.971 bits per heavy atom. The Labute approximate surface area is 210 Å². The smallest absolute Gasteiger partial charge is 0.163 e. The molecular weight excluding hydrogens is 432 g/mol. The Morgan fingerprint density at radius 2 is 1.77 bits per heavy atom. The highest BCUT2D eigenvalue weighted by Crippen LogP contribution is 2.68. The molecule has 5 aliphatic rings. The number of aryl methyl sites for hydroxylation is 1. The summed E-state index contributed by atoms with van der Waals surface area (Å²) in [6.07, 6.45) is 11.2. The molecule has 3 nitrogen and oxygen atoms in total. The van der Waals surface area contributed by atoms with Crippen LogP contribution in [0.2, 0.25) is 0 Å². The molecule has 0 amide bonds. The number of Topliss-reactive ketones (excluding diaryl/α,β-unsaturated/α-hetero) is 2. The van der Waals surface area contributed by atoms with Crippen LogP contribution in [0.4, 0.5) is 0 Å². The van der Waals surface area contributed by atoms with Crippen molar-refractivity contribution >= 4 is 11.6 Å². The van der Waals surface area contributed by atoms with E-state index in [1.54, 1.807) is 0 Å². The number of carbonyl (C=O) groups excluding carboxylic acids is 2. The van der Waals surface area contributed by atoms with E-state index in [2.05, 4.69) is 25.7 Å². The molecule has 0 saturated heterocycles. The maximum absolute atomic E-state index is 12.4. The normalized spacial score (nSPS) is 43.9. The Bertz CT molecular complexity index is 1140. The Balaban J connectivity index is 1.20. The number of hydrogen-bond acceptors (Lipinski definition) is 3. The van der Waals surface area contributed by atoms with Crippen LogP contribution in [-0.4, -0.2) is 22.3 Å². The predicted octanol–water partition coefficient (Wildman–Crippen LogP) is 6.15. The molecule has 0 bridgehead atoms. The molecule has 6 rings (SSSR count). The van der Waals surface area contributed by atoms with Crippen molar-refractivity contribution in [3.63, 3.8) is 0 Å². The summed E-state index contributed by atoms with van der Waals surface area (Å²) in [4.78, 5) is 24.3. The molecule has 2 unspecified atom stereocenters. The van der Waals surface area contributed by atoms with Crippen molar-refractivity contribution < 1.29 is 14.7 Å². The van der Waals surface area contributed by atoms with Gasteiger partial charge in [0.25, 0.3) is 0 Å². The number of ketones is 2. The van der Waals surface area contributed by atoms with Gasteiger partial charge in [0.15, 0.2) is 5.78 Å². The zero-order valence-electron chi connectivity index (χ0n) is 21.7. The second kappa shape index (κ2) is 8.04. The van der Waals surface area contributed by atoms with Crippen molar-refractivity contribution in [3.8, 4) is 11.8 Å². The quantitative estimate of drug-likeness (QED) is 0.499. The summed E-state index contributed by atoms with van der Waals surface area (Å²) in [6.45, 7) is 6.75. The van der Waals surface area contributed by atoms with Crippen LogP contribution in [0, 0.1) is 52.3 Å². The van der Waals surface area contributed by atoms with Gasteiger partial charge >= 0.3 is 0 Å². The standard InChI is InChI=1S/C32H40O3/c1-20(33)26-9-10-27-25-8-6-23-19-32(35,17-16-30(23,2)28(25)13-14-31(26,27)3)15-12-21-4-7-24-22(18-21)5-11-29(24)34/h4,7,18,23,25-28,35H,5-6,8-11,13-14,16-17,19H2,1-3H3/t23?,25-,26+,27-,28-,30-,31+,32?/m0/s1. The third-order valence-electron chi connectivity index (χ3n) is 11.7. The first kappa shape index (κ1) is 23.5. The van der Waals surface area contributed by atoms with E-state index in [0.717, 1.165) is 60.6 Å². The summed E-state index contributed by atoms with van der Waals surface area (Å²) in [5, 5.41) is 11.5. The monoisotopic (exact) mass is 472 g/mol. The molecule has 5 aliphatic carbocycles. The van der Waals surface area contributed by atoms with Crippen LogP contribution in [0.3, 0.4) is 0 Å². The van der Waals surface area contributed by atoms with Gasteiger partial charge in [0, 0.05) is 23.5 Å². The molecule has 4 fully saturated rings. The van der Waals surface area contributed by atoms with E-state index in [4.69, 9.17) is 0 Å². The highest BCUT2D eigenvalue weighted by atomic mass is 16.3. The minimum absolute atomic E-state index is 0.206. The zero-order valence-corrected chi connectivity index (χ0v) is 21.7. The van der Waals surface area contributed by atoms with Gasteiger partial charge in [-0.2, -0.15) is 0 Å². The van der Waals surface area contributed by atoms with Crippen molar-refractivity contribution in [2.45, 2.75) is 97.0 Å². The summed E-state index contributed by atoms with van der Waals surface area (Å²) in [5.74, 6) is 10.1. The minimum Gasteiger partial charge on any atom is -0.378 e. The average molecular weight is 473 g/mol. The lowest BCUT2D eigenvalue weighted by atomic mass is 9.44. The molecule has 1 aromatic rings. The first-order valence-electron chi connectivity index (χ1n) is 14.1. The second-order valence-corrected chi connectivity index (χ2v) is 13.2. The first-order chi connectivity index (χ1) is 16.6. The van der Waals surface area contributed by atoms with Crippen LogP contribution in [-0.2, 0) is 11.2 Å². The van der Waals surface area contributed by atoms with Gasteiger partial charge in [-0.3, -0.25) is 9.59 Å². The summed E-state index contributed by atoms with van der Waals surface area (Å²) in [7, 11) is 0. The molecular formula is C32H40O3. The van der Waals surface area contributed by atoms with E-state index in [-0.39, 0.29) is 22.5 Å². The number of rotatable bonds is 1. The van der Waals surface area contributed by atoms with E-state index in [0.29, 0.717) is 24.0 Å². The number of hydrogen-bond donors (Lipinski definition) is 1. The summed E-state index contributed by atoms with van der Waals surface area (Å²) < 4.78 is 0. The number of carbonyl (C=O) groups is 2. The highest BCUT2D eigenvalue weighted by molar-refractivity contribution is 6.00. The topological polar surface area (TPSA) is 54.4 Å². The summed E-state index contributed by atoms with van der Waals surface area (Å²) in [5.41, 5.74) is 2.43. The zero-order chi connectivity index (χ0) is 24.6. The lowest BCUT2D eigenvalue weighted by Crippen LogP contribution is -2.56. The average Bonchev–Trinajstić information content (AvgIpc) is 3.38. The molecule has 186 valence electrons. The van der Waals surface area contributed by atoms with Crippen molar-refractivity contribution in [3.05, 3.63) is 34.9 Å². The van der Waals surface area contributed by atoms with Gasteiger partial charge in [-0.15, -0.1) is 0 Å². The third kappa shape index (κ3) is 3.58. The van der Waals surface area contributed by atoms with Gasteiger partial charge in [-0.1, -0.05) is 25.7 Å². The molecule has 0 heterocycles. The van der Waals surface area contributed by atoms with Crippen LogP contribution >= 0.6 is 0 Å². The Morgan fingerprint density at radius 3 is 2.57 bits per heavy atom. The number of benzene rings is 1. The molecule has 4 saturated carbocycles. The van der Waals surface area contributed by atoms with Crippen molar-refractivity contribution in [2.24, 2.45) is 40.4 Å². The van der Waals surface area contributed by atoms with Crippen LogP contribution in [0.5, 0.6) is 0 Å². The Hall–Kier alpha value is -1.92. The van der Waals surface area contributed by atoms with E-state index >= 15 is 0 Å². The van der Waals surface area contributed by atoms with Gasteiger partial charge in [-0.25, -0.2) is 0 Å². The van der Waals surface area contributed by atoms with Gasteiger partial charge in [0.05, 0.1) is 0 Å². The molecule has 8 atom stereocenters. The van der Waals surface area contributed by atoms with Crippen LogP contribution in [0.25, 0.3) is 0 Å². The minimum atomic E-state index is -0.915. The van der Waals surface area contributed by atoms with Gasteiger partial charge in [-0.05, 0) is 129 Å². The van der Waals surface area contributed by atoms with Crippen molar-refractivity contribution in [1.29, 1.82) is 0 Å². The van der Waals surface area contributed by atoms with Crippen molar-refractivity contribution in [2.75, 3.05) is 0 Å². The maximum Gasteiger partial charge on any atom is 0.163 e. The fourth-order valence-corrected chi connectivity index (χ4v) is 9.75. The van der Waals surface area contributed by atoms with E-state index in [9.17, 15) is 14.7 Å². The third-order valence-corrected chi connectivity index (χ3v) is 11.7. The van der Waals surface area contributed by atoms with Crippen LogP contribution in [0.15, 0.2) is 18.2 Å². The lowest BCUT2D eigenvalue weighted by Gasteiger charge is -2.61. The highest BCUT2D eigenvalue weighted by Gasteiger charge is 2.61. The molecule has 3 heteroatoms. The molecule has 1 N–H and O–H groups in total. The van der Waals surface area contributed by atoms with Crippen molar-refractivity contribution in [1.82, 2.24) is 0 Å². The lowest BCUT2D eigenvalue weighted by molar-refractivity contribution is -0.144. The van der Waals surface area contributed by atoms with Crippen LogP contribution < -0.4 is 0 Å². The fourth-order valence-electron chi connectivity index (χ4n) is 9.75. The number of fused-ring (bicyclic) bond motifs is 6. The predicted molar refractivity (Wildman–Crippen MR) is 137 cm³/mol. The molecule has 0 aromatic heterocycles. The summed E-state index contributed by atoms with van der Waals surface area (Å²) in [6, 6.07) is 5.89. The number of aliphatic hydroxyl groups is 1. The maximum atomic E-state index is 12.4. The second-order valence-electron chi connectivity index (χ2n) is 13.2. The molecule has 0 aliphatic heterocycles. The van der Waals surface area contributed by atoms with E-state index < -0.39 is 5.60 Å². The first-order valence-corrected chi connectivity index (χ1v) is 14.1. The molecule has 1 aromatic carbocycles. The van der Waals surface area contributed by atoms with E-state index in [1.807, 2.05) is 25.1 Å². The van der Waals surface area contributed by atoms with Crippen LogP contribution in [0.1, 0.15) is 106 Å². The SMILES string of the molecule is CC(=O)[C@H]1CC[C@H]2[C@@H]3CCC4CC(O)(C#Cc5ccc6c(c5)CCC6=O)CC[C@]4(C)[C@H]3CC[C@]12C. The molecule has 35 heavy (non-hydrogen) atoms. The molecule has 0 radical (unpaired) electrons. The Kier molecular flexibility index (Phi) is 5.39. The fraction of sp³-hybridized carbons (Fsp3) is 0.688. The molecule has 0 spiro atoms. The summed E-state index contributed by atoms with van der Waals surface area (Å²) >= 11 is 0. The van der Waals surface area contributed by atoms with Gasteiger partial charge in [0.2, 0.25) is 0 Å². The van der Waals surface area contributed by atoms with Gasteiger partial charge < -0.3 is 5.11 Å². The largest absolute Gasteiger partial charge is 0.378 e.